The van der Waals surface area contributed by atoms with E-state index in [1.54, 1.807) is 4.68 Å². The first kappa shape index (κ1) is 19.5. The van der Waals surface area contributed by atoms with Crippen molar-refractivity contribution in [1.82, 2.24) is 20.3 Å². The van der Waals surface area contributed by atoms with Gasteiger partial charge >= 0.3 is 0 Å². The Kier molecular flexibility index (Phi) is 6.26. The van der Waals surface area contributed by atoms with E-state index in [0.29, 0.717) is 12.0 Å². The third-order valence-electron chi connectivity index (χ3n) is 5.38. The van der Waals surface area contributed by atoms with Crippen LogP contribution < -0.4 is 10.6 Å². The molecule has 146 valence electrons. The molecule has 1 fully saturated rings. The molecule has 2 heterocycles. The summed E-state index contributed by atoms with van der Waals surface area (Å²) in [4.78, 5) is 12.8. The highest BCUT2D eigenvalue weighted by Crippen LogP contribution is 2.28. The van der Waals surface area contributed by atoms with E-state index >= 15 is 0 Å². The Morgan fingerprint density at radius 1 is 1.33 bits per heavy atom. The molecular weight excluding hydrogens is 338 g/mol. The van der Waals surface area contributed by atoms with Gasteiger partial charge in [-0.25, -0.2) is 4.68 Å². The number of rotatable bonds is 6. The maximum atomic E-state index is 12.8. The minimum Gasteiger partial charge on any atom is -0.324 e. The van der Waals surface area contributed by atoms with Crippen LogP contribution in [0, 0.1) is 6.92 Å². The first-order valence-corrected chi connectivity index (χ1v) is 10.00. The number of hydrogen-bond acceptors (Lipinski definition) is 4. The van der Waals surface area contributed by atoms with Crippen LogP contribution in [-0.4, -0.2) is 33.5 Å². The number of nitrogens with one attached hydrogen (secondary N) is 2. The maximum absolute atomic E-state index is 12.8. The van der Waals surface area contributed by atoms with Crippen LogP contribution in [0.25, 0.3) is 0 Å². The number of amides is 1. The lowest BCUT2D eigenvalue weighted by molar-refractivity contribution is -0.119. The molecule has 6 nitrogen and oxygen atoms in total. The summed E-state index contributed by atoms with van der Waals surface area (Å²) in [6, 6.07) is 6.19. The van der Waals surface area contributed by atoms with Gasteiger partial charge in [-0.3, -0.25) is 4.79 Å². The van der Waals surface area contributed by atoms with Crippen LogP contribution >= 0.6 is 0 Å². The number of aryl methyl sites for hydroxylation is 1. The number of hydrogen-bond donors (Lipinski definition) is 2. The molecule has 0 saturated carbocycles. The predicted octanol–water partition coefficient (Wildman–Crippen LogP) is 3.59. The number of carbonyl (C=O) groups is 1. The zero-order valence-corrected chi connectivity index (χ0v) is 16.8. The van der Waals surface area contributed by atoms with Crippen molar-refractivity contribution in [2.45, 2.75) is 71.4 Å². The number of piperidine rings is 1. The molecule has 2 unspecified atom stereocenters. The van der Waals surface area contributed by atoms with Gasteiger partial charge in [0.15, 0.2) is 0 Å². The van der Waals surface area contributed by atoms with E-state index < -0.39 is 6.04 Å². The molecule has 2 N–H and O–H groups in total. The molecule has 2 aromatic rings. The second-order valence-electron chi connectivity index (χ2n) is 7.90. The monoisotopic (exact) mass is 369 g/mol. The summed E-state index contributed by atoms with van der Waals surface area (Å²) in [6.07, 6.45) is 6.45. The SMILES string of the molecule is Cc1cccc(C(C)C)c1NC(=O)C(C)n1cc(CC2CCCCN2)nn1. The van der Waals surface area contributed by atoms with Crippen molar-refractivity contribution < 1.29 is 4.79 Å². The molecule has 1 saturated heterocycles. The van der Waals surface area contributed by atoms with Crippen LogP contribution in [0.5, 0.6) is 0 Å². The van der Waals surface area contributed by atoms with Crippen LogP contribution in [0.2, 0.25) is 0 Å². The van der Waals surface area contributed by atoms with Crippen LogP contribution in [-0.2, 0) is 11.2 Å². The van der Waals surface area contributed by atoms with Gasteiger partial charge in [0, 0.05) is 24.3 Å². The number of anilines is 1. The lowest BCUT2D eigenvalue weighted by atomic mass is 9.98. The molecule has 0 bridgehead atoms. The average Bonchev–Trinajstić information content (AvgIpc) is 3.11. The lowest BCUT2D eigenvalue weighted by Gasteiger charge is -2.22. The summed E-state index contributed by atoms with van der Waals surface area (Å²) in [5, 5.41) is 15.1. The van der Waals surface area contributed by atoms with E-state index in [9.17, 15) is 4.79 Å². The lowest BCUT2D eigenvalue weighted by Crippen LogP contribution is -2.35. The highest BCUT2D eigenvalue weighted by molar-refractivity contribution is 5.95. The Bertz CT molecular complexity index is 777. The quantitative estimate of drug-likeness (QED) is 0.816. The first-order valence-electron chi connectivity index (χ1n) is 10.00. The van der Waals surface area contributed by atoms with Crippen LogP contribution in [0.15, 0.2) is 24.4 Å². The number of benzene rings is 1. The molecule has 3 rings (SSSR count). The minimum atomic E-state index is -0.412. The number of aromatic nitrogens is 3. The highest BCUT2D eigenvalue weighted by Gasteiger charge is 2.21. The van der Waals surface area contributed by atoms with E-state index in [-0.39, 0.29) is 5.91 Å². The van der Waals surface area contributed by atoms with Crippen molar-refractivity contribution in [2.24, 2.45) is 0 Å². The highest BCUT2D eigenvalue weighted by atomic mass is 16.2. The van der Waals surface area contributed by atoms with Gasteiger partial charge in [-0.05, 0) is 50.3 Å². The summed E-state index contributed by atoms with van der Waals surface area (Å²) in [5.74, 6) is 0.273. The van der Waals surface area contributed by atoms with Crippen molar-refractivity contribution in [3.63, 3.8) is 0 Å². The topological polar surface area (TPSA) is 71.8 Å². The van der Waals surface area contributed by atoms with Crippen LogP contribution in [0.3, 0.4) is 0 Å². The van der Waals surface area contributed by atoms with E-state index in [2.05, 4.69) is 40.9 Å². The van der Waals surface area contributed by atoms with Crippen molar-refractivity contribution in [1.29, 1.82) is 0 Å². The third kappa shape index (κ3) is 4.75. The summed E-state index contributed by atoms with van der Waals surface area (Å²) in [6.45, 7) is 9.23. The predicted molar refractivity (Wildman–Crippen MR) is 108 cm³/mol. The summed E-state index contributed by atoms with van der Waals surface area (Å²) in [5.41, 5.74) is 4.08. The Morgan fingerprint density at radius 2 is 2.15 bits per heavy atom. The van der Waals surface area contributed by atoms with E-state index in [4.69, 9.17) is 0 Å². The molecule has 0 aliphatic carbocycles. The summed E-state index contributed by atoms with van der Waals surface area (Å²) < 4.78 is 1.67. The Morgan fingerprint density at radius 3 is 2.85 bits per heavy atom. The van der Waals surface area contributed by atoms with E-state index in [0.717, 1.165) is 35.5 Å². The van der Waals surface area contributed by atoms with Crippen molar-refractivity contribution >= 4 is 11.6 Å². The van der Waals surface area contributed by atoms with Gasteiger partial charge < -0.3 is 10.6 Å². The second kappa shape index (κ2) is 8.65. The second-order valence-corrected chi connectivity index (χ2v) is 7.90. The zero-order chi connectivity index (χ0) is 19.4. The Hall–Kier alpha value is -2.21. The van der Waals surface area contributed by atoms with Crippen molar-refractivity contribution in [2.75, 3.05) is 11.9 Å². The molecular formula is C21H31N5O. The average molecular weight is 370 g/mol. The fraction of sp³-hybridized carbons (Fsp3) is 0.571. The molecule has 1 aromatic heterocycles. The van der Waals surface area contributed by atoms with Crippen LogP contribution in [0.1, 0.15) is 68.8 Å². The molecule has 1 aliphatic rings. The minimum absolute atomic E-state index is 0.0709. The number of carbonyl (C=O) groups excluding carboxylic acids is 1. The molecule has 6 heteroatoms. The van der Waals surface area contributed by atoms with Gasteiger partial charge in [-0.15, -0.1) is 5.10 Å². The fourth-order valence-corrected chi connectivity index (χ4v) is 3.64. The Balaban J connectivity index is 1.68. The maximum Gasteiger partial charge on any atom is 0.249 e. The smallest absolute Gasteiger partial charge is 0.249 e. The number of para-hydroxylation sites is 1. The normalized spacial score (nSPS) is 18.5. The fourth-order valence-electron chi connectivity index (χ4n) is 3.64. The van der Waals surface area contributed by atoms with Gasteiger partial charge in [-0.1, -0.05) is 43.7 Å². The van der Waals surface area contributed by atoms with Gasteiger partial charge in [0.1, 0.15) is 6.04 Å². The third-order valence-corrected chi connectivity index (χ3v) is 5.38. The standard InChI is InChI=1S/C21H31N5O/c1-14(2)19-10-7-8-15(3)20(19)23-21(27)16(4)26-13-18(24-25-26)12-17-9-5-6-11-22-17/h7-8,10,13-14,16-17,22H,5-6,9,11-12H2,1-4H3,(H,23,27). The van der Waals surface area contributed by atoms with Gasteiger partial charge in [0.25, 0.3) is 0 Å². The van der Waals surface area contributed by atoms with Gasteiger partial charge in [0.05, 0.1) is 5.69 Å². The zero-order valence-electron chi connectivity index (χ0n) is 16.8. The van der Waals surface area contributed by atoms with Gasteiger partial charge in [-0.2, -0.15) is 0 Å². The summed E-state index contributed by atoms with van der Waals surface area (Å²) in [7, 11) is 0. The van der Waals surface area contributed by atoms with E-state index in [1.807, 2.05) is 32.2 Å². The largest absolute Gasteiger partial charge is 0.324 e. The molecule has 27 heavy (non-hydrogen) atoms. The van der Waals surface area contributed by atoms with Crippen molar-refractivity contribution in [3.8, 4) is 0 Å². The molecule has 2 atom stereocenters. The molecule has 1 amide bonds. The van der Waals surface area contributed by atoms with Gasteiger partial charge in [0.2, 0.25) is 5.91 Å². The Labute approximate surface area is 161 Å². The van der Waals surface area contributed by atoms with Crippen molar-refractivity contribution in [3.05, 3.63) is 41.2 Å². The number of nitrogens with zero attached hydrogens (tertiary/aromatic N) is 3. The van der Waals surface area contributed by atoms with E-state index in [1.165, 1.54) is 19.3 Å². The molecule has 0 spiro atoms. The molecule has 1 aromatic carbocycles. The summed E-state index contributed by atoms with van der Waals surface area (Å²) >= 11 is 0. The molecule has 1 aliphatic heterocycles. The first-order chi connectivity index (χ1) is 13.0. The molecule has 0 radical (unpaired) electrons. The van der Waals surface area contributed by atoms with Crippen LogP contribution in [0.4, 0.5) is 5.69 Å².